The summed E-state index contributed by atoms with van der Waals surface area (Å²) < 4.78 is 0. The predicted octanol–water partition coefficient (Wildman–Crippen LogP) is 1.42. The van der Waals surface area contributed by atoms with Crippen molar-refractivity contribution in [1.82, 2.24) is 0 Å². The molecular formula is C7H12O3. The molecule has 0 amide bonds. The lowest BCUT2D eigenvalue weighted by Gasteiger charge is -2.06. The summed E-state index contributed by atoms with van der Waals surface area (Å²) in [5.41, 5.74) is 0. The van der Waals surface area contributed by atoms with Crippen LogP contribution in [-0.4, -0.2) is 12.1 Å². The second-order valence-corrected chi connectivity index (χ2v) is 2.58. The minimum atomic E-state index is -0.369. The van der Waals surface area contributed by atoms with Crippen molar-refractivity contribution in [3.63, 3.8) is 0 Å². The summed E-state index contributed by atoms with van der Waals surface area (Å²) >= 11 is 0. The van der Waals surface area contributed by atoms with Gasteiger partial charge >= 0.3 is 5.97 Å². The lowest BCUT2D eigenvalue weighted by Crippen LogP contribution is -2.10. The Labute approximate surface area is 60.2 Å². The summed E-state index contributed by atoms with van der Waals surface area (Å²) in [4.78, 5) is 19.5. The van der Waals surface area contributed by atoms with E-state index in [4.69, 9.17) is 4.89 Å². The highest BCUT2D eigenvalue weighted by atomic mass is 17.2. The van der Waals surface area contributed by atoms with Gasteiger partial charge in [-0.2, -0.15) is 4.89 Å². The fourth-order valence-corrected chi connectivity index (χ4v) is 1.12. The number of hydrogen-bond donors (Lipinski definition) is 0. The Bertz CT molecular complexity index is 116. The molecule has 1 rings (SSSR count). The Balaban J connectivity index is 2.07. The first-order valence-electron chi connectivity index (χ1n) is 3.63. The van der Waals surface area contributed by atoms with Crippen molar-refractivity contribution < 1.29 is 14.6 Å². The Morgan fingerprint density at radius 3 is 2.50 bits per heavy atom. The van der Waals surface area contributed by atoms with Crippen molar-refractivity contribution in [3.8, 4) is 0 Å². The fourth-order valence-electron chi connectivity index (χ4n) is 1.12. The molecule has 0 saturated heterocycles. The zero-order valence-corrected chi connectivity index (χ0v) is 6.13. The normalized spacial score (nSPS) is 19.3. The molecule has 0 atom stereocenters. The van der Waals surface area contributed by atoms with Gasteiger partial charge in [-0.15, -0.1) is 0 Å². The van der Waals surface area contributed by atoms with Gasteiger partial charge in [-0.3, -0.25) is 4.89 Å². The maximum Gasteiger partial charge on any atom is 0.339 e. The Morgan fingerprint density at radius 2 is 2.00 bits per heavy atom. The molecule has 3 nitrogen and oxygen atoms in total. The summed E-state index contributed by atoms with van der Waals surface area (Å²) in [6, 6.07) is 0. The molecule has 0 aromatic heterocycles. The van der Waals surface area contributed by atoms with Crippen LogP contribution in [0.5, 0.6) is 0 Å². The van der Waals surface area contributed by atoms with Gasteiger partial charge in [-0.05, 0) is 12.8 Å². The molecule has 1 aliphatic carbocycles. The highest BCUT2D eigenvalue weighted by Crippen LogP contribution is 2.20. The van der Waals surface area contributed by atoms with Crippen LogP contribution < -0.4 is 0 Å². The van der Waals surface area contributed by atoms with Crippen LogP contribution in [0.1, 0.15) is 32.6 Å². The first kappa shape index (κ1) is 7.54. The number of rotatable bonds is 2. The second-order valence-electron chi connectivity index (χ2n) is 2.58. The van der Waals surface area contributed by atoms with E-state index >= 15 is 0 Å². The molecule has 3 heteroatoms. The van der Waals surface area contributed by atoms with Crippen LogP contribution in [0.3, 0.4) is 0 Å². The van der Waals surface area contributed by atoms with Crippen molar-refractivity contribution in [1.29, 1.82) is 0 Å². The first-order valence-corrected chi connectivity index (χ1v) is 3.63. The van der Waals surface area contributed by atoms with Crippen molar-refractivity contribution in [3.05, 3.63) is 0 Å². The third kappa shape index (κ3) is 2.35. The highest BCUT2D eigenvalue weighted by molar-refractivity contribution is 5.65. The van der Waals surface area contributed by atoms with Gasteiger partial charge in [0.1, 0.15) is 6.10 Å². The minimum Gasteiger partial charge on any atom is -0.298 e. The zero-order chi connectivity index (χ0) is 7.40. The molecule has 0 aromatic carbocycles. The van der Waals surface area contributed by atoms with Crippen LogP contribution in [0.25, 0.3) is 0 Å². The van der Waals surface area contributed by atoms with E-state index in [0.717, 1.165) is 12.8 Å². The molecule has 0 heterocycles. The van der Waals surface area contributed by atoms with Crippen LogP contribution >= 0.6 is 0 Å². The molecule has 0 unspecified atom stereocenters. The Morgan fingerprint density at radius 1 is 1.40 bits per heavy atom. The fraction of sp³-hybridized carbons (Fsp3) is 0.857. The van der Waals surface area contributed by atoms with Crippen LogP contribution in [0.4, 0.5) is 0 Å². The summed E-state index contributed by atoms with van der Waals surface area (Å²) in [7, 11) is 0. The molecule has 58 valence electrons. The van der Waals surface area contributed by atoms with Crippen molar-refractivity contribution >= 4 is 5.97 Å². The smallest absolute Gasteiger partial charge is 0.298 e. The molecule has 0 radical (unpaired) electrons. The maximum absolute atomic E-state index is 10.3. The highest BCUT2D eigenvalue weighted by Gasteiger charge is 2.17. The van der Waals surface area contributed by atoms with Gasteiger partial charge in [0.05, 0.1) is 0 Å². The molecule has 1 saturated carbocycles. The van der Waals surface area contributed by atoms with E-state index < -0.39 is 0 Å². The van der Waals surface area contributed by atoms with Gasteiger partial charge in [0.2, 0.25) is 0 Å². The number of carbonyl (C=O) groups is 1. The number of carbonyl (C=O) groups excluding carboxylic acids is 1. The third-order valence-corrected chi connectivity index (χ3v) is 1.60. The van der Waals surface area contributed by atoms with E-state index in [-0.39, 0.29) is 12.1 Å². The van der Waals surface area contributed by atoms with Gasteiger partial charge in [-0.1, -0.05) is 12.8 Å². The molecule has 0 spiro atoms. The molecular weight excluding hydrogens is 132 g/mol. The van der Waals surface area contributed by atoms with E-state index in [1.807, 2.05) is 0 Å². The summed E-state index contributed by atoms with van der Waals surface area (Å²) in [5.74, 6) is -0.369. The van der Waals surface area contributed by atoms with Crippen LogP contribution in [0, 0.1) is 0 Å². The second kappa shape index (κ2) is 3.56. The molecule has 1 fully saturated rings. The molecule has 0 bridgehead atoms. The summed E-state index contributed by atoms with van der Waals surface area (Å²) in [6.45, 7) is 1.34. The zero-order valence-electron chi connectivity index (χ0n) is 6.13. The average Bonchev–Trinajstić information content (AvgIpc) is 2.34. The van der Waals surface area contributed by atoms with E-state index in [0.29, 0.717) is 0 Å². The maximum atomic E-state index is 10.3. The Hall–Kier alpha value is -0.570. The topological polar surface area (TPSA) is 35.5 Å². The van der Waals surface area contributed by atoms with Crippen molar-refractivity contribution in [2.75, 3.05) is 0 Å². The van der Waals surface area contributed by atoms with Crippen LogP contribution in [0.2, 0.25) is 0 Å². The minimum absolute atomic E-state index is 0.156. The van der Waals surface area contributed by atoms with E-state index in [2.05, 4.69) is 4.89 Å². The Kier molecular flexibility index (Phi) is 2.68. The molecule has 1 aliphatic rings. The molecule has 10 heavy (non-hydrogen) atoms. The first-order chi connectivity index (χ1) is 4.79. The molecule has 0 aromatic rings. The predicted molar refractivity (Wildman–Crippen MR) is 35.1 cm³/mol. The van der Waals surface area contributed by atoms with E-state index in [1.54, 1.807) is 0 Å². The quantitative estimate of drug-likeness (QED) is 0.434. The van der Waals surface area contributed by atoms with Crippen molar-refractivity contribution in [2.45, 2.75) is 38.7 Å². The van der Waals surface area contributed by atoms with E-state index in [1.165, 1.54) is 19.8 Å². The number of hydrogen-bond acceptors (Lipinski definition) is 3. The third-order valence-electron chi connectivity index (χ3n) is 1.60. The van der Waals surface area contributed by atoms with E-state index in [9.17, 15) is 4.79 Å². The lowest BCUT2D eigenvalue weighted by atomic mass is 10.3. The molecule has 0 aliphatic heterocycles. The average molecular weight is 144 g/mol. The lowest BCUT2D eigenvalue weighted by molar-refractivity contribution is -0.294. The summed E-state index contributed by atoms with van der Waals surface area (Å²) in [6.07, 6.45) is 4.57. The largest absolute Gasteiger partial charge is 0.339 e. The van der Waals surface area contributed by atoms with Gasteiger partial charge in [0.15, 0.2) is 0 Å². The van der Waals surface area contributed by atoms with Gasteiger partial charge in [-0.25, -0.2) is 4.79 Å². The van der Waals surface area contributed by atoms with Crippen LogP contribution in [-0.2, 0) is 14.6 Å². The monoisotopic (exact) mass is 144 g/mol. The SMILES string of the molecule is CC(=O)OOC1CCCC1. The van der Waals surface area contributed by atoms with Gasteiger partial charge in [0.25, 0.3) is 0 Å². The summed E-state index contributed by atoms with van der Waals surface area (Å²) in [5, 5.41) is 0. The molecule has 0 N–H and O–H groups in total. The van der Waals surface area contributed by atoms with Gasteiger partial charge < -0.3 is 0 Å². The van der Waals surface area contributed by atoms with Gasteiger partial charge in [0, 0.05) is 6.92 Å². The standard InChI is InChI=1S/C7H12O3/c1-6(8)9-10-7-4-2-3-5-7/h7H,2-5H2,1H3. The van der Waals surface area contributed by atoms with Crippen LogP contribution in [0.15, 0.2) is 0 Å². The van der Waals surface area contributed by atoms with Crippen molar-refractivity contribution in [2.24, 2.45) is 0 Å².